The maximum atomic E-state index is 12.3. The van der Waals surface area contributed by atoms with Gasteiger partial charge < -0.3 is 10.3 Å². The molecule has 3 aromatic rings. The number of aromatic amines is 1. The van der Waals surface area contributed by atoms with Gasteiger partial charge >= 0.3 is 0 Å². The van der Waals surface area contributed by atoms with Crippen LogP contribution in [-0.2, 0) is 6.54 Å². The van der Waals surface area contributed by atoms with Crippen molar-refractivity contribution in [1.29, 1.82) is 0 Å². The highest BCUT2D eigenvalue weighted by molar-refractivity contribution is 5.94. The lowest BCUT2D eigenvalue weighted by atomic mass is 10.1. The van der Waals surface area contributed by atoms with E-state index in [9.17, 15) is 9.59 Å². The molecular weight excluding hydrogens is 342 g/mol. The molecule has 0 unspecified atom stereocenters. The Balaban J connectivity index is 1.67. The maximum Gasteiger partial charge on any atom is 0.251 e. The van der Waals surface area contributed by atoms with Crippen molar-refractivity contribution in [3.05, 3.63) is 75.7 Å². The van der Waals surface area contributed by atoms with Crippen LogP contribution in [0, 0.1) is 6.92 Å². The highest BCUT2D eigenvalue weighted by atomic mass is 16.1. The minimum absolute atomic E-state index is 0.186. The van der Waals surface area contributed by atoms with Crippen molar-refractivity contribution < 1.29 is 4.79 Å². The quantitative estimate of drug-likeness (QED) is 0.726. The van der Waals surface area contributed by atoms with Gasteiger partial charge in [-0.3, -0.25) is 9.59 Å². The first-order chi connectivity index (χ1) is 12.9. The van der Waals surface area contributed by atoms with E-state index in [1.165, 1.54) is 6.07 Å². The summed E-state index contributed by atoms with van der Waals surface area (Å²) in [6.07, 6.45) is 3.65. The Kier molecular flexibility index (Phi) is 5.40. The standard InChI is InChI=1S/C20H21N5O2/c1-12(2)16-9-21-19(22-10-16)14-4-6-15(7-5-14)20(27)23-11-17-8-18(26)25-13(3)24-17/h4-10,12H,11H2,1-3H3,(H,23,27)(H,24,25,26). The molecule has 0 aliphatic rings. The van der Waals surface area contributed by atoms with Crippen LogP contribution < -0.4 is 10.9 Å². The number of benzene rings is 1. The monoisotopic (exact) mass is 363 g/mol. The summed E-state index contributed by atoms with van der Waals surface area (Å²) in [6.45, 7) is 6.06. The fourth-order valence-electron chi connectivity index (χ4n) is 2.56. The van der Waals surface area contributed by atoms with Gasteiger partial charge in [-0.15, -0.1) is 0 Å². The largest absolute Gasteiger partial charge is 0.346 e. The van der Waals surface area contributed by atoms with Crippen molar-refractivity contribution >= 4 is 5.91 Å². The van der Waals surface area contributed by atoms with Crippen LogP contribution in [0.25, 0.3) is 11.4 Å². The second-order valence-corrected chi connectivity index (χ2v) is 6.58. The third-order valence-corrected chi connectivity index (χ3v) is 4.09. The number of amides is 1. The molecule has 3 rings (SSSR count). The predicted octanol–water partition coefficient (Wildman–Crippen LogP) is 2.59. The van der Waals surface area contributed by atoms with Gasteiger partial charge in [0.1, 0.15) is 5.82 Å². The van der Waals surface area contributed by atoms with E-state index in [-0.39, 0.29) is 18.0 Å². The molecule has 138 valence electrons. The first-order valence-corrected chi connectivity index (χ1v) is 8.70. The zero-order valence-electron chi connectivity index (χ0n) is 15.5. The minimum Gasteiger partial charge on any atom is -0.346 e. The molecule has 2 heterocycles. The van der Waals surface area contributed by atoms with E-state index in [1.54, 1.807) is 19.1 Å². The number of rotatable bonds is 5. The number of H-pyrrole nitrogens is 1. The maximum absolute atomic E-state index is 12.3. The number of aromatic nitrogens is 4. The molecule has 0 aliphatic carbocycles. The Labute approximate surface area is 156 Å². The topological polar surface area (TPSA) is 101 Å². The van der Waals surface area contributed by atoms with Gasteiger partial charge in [-0.05, 0) is 30.5 Å². The summed E-state index contributed by atoms with van der Waals surface area (Å²) >= 11 is 0. The van der Waals surface area contributed by atoms with Gasteiger partial charge in [0.2, 0.25) is 0 Å². The van der Waals surface area contributed by atoms with E-state index in [4.69, 9.17) is 0 Å². The number of carbonyl (C=O) groups is 1. The van der Waals surface area contributed by atoms with Gasteiger partial charge in [0.05, 0.1) is 12.2 Å². The van der Waals surface area contributed by atoms with Gasteiger partial charge in [0.15, 0.2) is 5.82 Å². The lowest BCUT2D eigenvalue weighted by molar-refractivity contribution is 0.0950. The highest BCUT2D eigenvalue weighted by Gasteiger charge is 2.09. The summed E-state index contributed by atoms with van der Waals surface area (Å²) in [5.41, 5.74) is 2.71. The molecule has 1 aromatic carbocycles. The van der Waals surface area contributed by atoms with Gasteiger partial charge in [0.25, 0.3) is 11.5 Å². The summed E-state index contributed by atoms with van der Waals surface area (Å²) in [6, 6.07) is 8.44. The zero-order valence-corrected chi connectivity index (χ0v) is 15.5. The van der Waals surface area contributed by atoms with Crippen LogP contribution in [0.1, 0.15) is 47.2 Å². The Morgan fingerprint density at radius 3 is 2.41 bits per heavy atom. The number of aryl methyl sites for hydroxylation is 1. The smallest absolute Gasteiger partial charge is 0.251 e. The van der Waals surface area contributed by atoms with Crippen LogP contribution in [0.15, 0.2) is 47.5 Å². The fourth-order valence-corrected chi connectivity index (χ4v) is 2.56. The van der Waals surface area contributed by atoms with Crippen LogP contribution >= 0.6 is 0 Å². The third-order valence-electron chi connectivity index (χ3n) is 4.09. The van der Waals surface area contributed by atoms with E-state index in [1.807, 2.05) is 24.5 Å². The summed E-state index contributed by atoms with van der Waals surface area (Å²) < 4.78 is 0. The highest BCUT2D eigenvalue weighted by Crippen LogP contribution is 2.18. The van der Waals surface area contributed by atoms with Crippen LogP contribution in [-0.4, -0.2) is 25.8 Å². The summed E-state index contributed by atoms with van der Waals surface area (Å²) in [4.78, 5) is 39.3. The molecule has 0 aliphatic heterocycles. The van der Waals surface area contributed by atoms with Crippen molar-refractivity contribution in [1.82, 2.24) is 25.3 Å². The van der Waals surface area contributed by atoms with Crippen molar-refractivity contribution in [3.63, 3.8) is 0 Å². The second-order valence-electron chi connectivity index (χ2n) is 6.58. The van der Waals surface area contributed by atoms with Gasteiger partial charge in [-0.2, -0.15) is 0 Å². The van der Waals surface area contributed by atoms with Gasteiger partial charge in [-0.25, -0.2) is 15.0 Å². The van der Waals surface area contributed by atoms with E-state index < -0.39 is 0 Å². The zero-order chi connectivity index (χ0) is 19.4. The first-order valence-electron chi connectivity index (χ1n) is 8.70. The molecule has 0 atom stereocenters. The molecule has 2 aromatic heterocycles. The Morgan fingerprint density at radius 1 is 1.15 bits per heavy atom. The average Bonchev–Trinajstić information content (AvgIpc) is 2.65. The Bertz CT molecular complexity index is 992. The van der Waals surface area contributed by atoms with Gasteiger partial charge in [-0.1, -0.05) is 26.0 Å². The molecule has 0 saturated carbocycles. The fraction of sp³-hybridized carbons (Fsp3) is 0.250. The Morgan fingerprint density at radius 2 is 1.81 bits per heavy atom. The number of nitrogens with zero attached hydrogens (tertiary/aromatic N) is 3. The lowest BCUT2D eigenvalue weighted by Gasteiger charge is -2.07. The van der Waals surface area contributed by atoms with Crippen LogP contribution in [0.2, 0.25) is 0 Å². The summed E-state index contributed by atoms with van der Waals surface area (Å²) in [5.74, 6) is 1.27. The average molecular weight is 363 g/mol. The molecule has 0 bridgehead atoms. The molecule has 2 N–H and O–H groups in total. The SMILES string of the molecule is Cc1nc(CNC(=O)c2ccc(-c3ncc(C(C)C)cn3)cc2)cc(=O)[nH]1. The molecule has 1 amide bonds. The van der Waals surface area contributed by atoms with Crippen molar-refractivity contribution in [3.8, 4) is 11.4 Å². The van der Waals surface area contributed by atoms with E-state index in [0.717, 1.165) is 11.1 Å². The third kappa shape index (κ3) is 4.63. The second kappa shape index (κ2) is 7.90. The molecule has 0 spiro atoms. The van der Waals surface area contributed by atoms with E-state index in [2.05, 4.69) is 39.1 Å². The molecule has 27 heavy (non-hydrogen) atoms. The molecule has 7 nitrogen and oxygen atoms in total. The molecule has 7 heteroatoms. The van der Waals surface area contributed by atoms with Crippen LogP contribution in [0.4, 0.5) is 0 Å². The minimum atomic E-state index is -0.239. The number of hydrogen-bond acceptors (Lipinski definition) is 5. The van der Waals surface area contributed by atoms with Crippen LogP contribution in [0.5, 0.6) is 0 Å². The Hall–Kier alpha value is -3.35. The number of nitrogens with one attached hydrogen (secondary N) is 2. The van der Waals surface area contributed by atoms with Crippen LogP contribution in [0.3, 0.4) is 0 Å². The first kappa shape index (κ1) is 18.4. The predicted molar refractivity (Wildman–Crippen MR) is 102 cm³/mol. The molecule has 0 fully saturated rings. The molecular formula is C20H21N5O2. The van der Waals surface area contributed by atoms with E-state index >= 15 is 0 Å². The number of hydrogen-bond donors (Lipinski definition) is 2. The van der Waals surface area contributed by atoms with Gasteiger partial charge in [0, 0.05) is 29.6 Å². The van der Waals surface area contributed by atoms with Crippen molar-refractivity contribution in [2.75, 3.05) is 0 Å². The lowest BCUT2D eigenvalue weighted by Crippen LogP contribution is -2.24. The number of carbonyl (C=O) groups excluding carboxylic acids is 1. The summed E-state index contributed by atoms with van der Waals surface area (Å²) in [5, 5.41) is 2.76. The molecule has 0 saturated heterocycles. The molecule has 0 radical (unpaired) electrons. The normalized spacial score (nSPS) is 10.8. The van der Waals surface area contributed by atoms with Crippen molar-refractivity contribution in [2.45, 2.75) is 33.2 Å². The van der Waals surface area contributed by atoms with Crippen molar-refractivity contribution in [2.24, 2.45) is 0 Å². The van der Waals surface area contributed by atoms with E-state index in [0.29, 0.717) is 28.8 Å². The summed E-state index contributed by atoms with van der Waals surface area (Å²) in [7, 11) is 0.